The predicted molar refractivity (Wildman–Crippen MR) is 244 cm³/mol. The number of unbranched alkanes of at least 4 members (excludes halogenated alkanes) is 16. The highest BCUT2D eigenvalue weighted by Crippen LogP contribution is 2.43. The van der Waals surface area contributed by atoms with E-state index in [2.05, 4.69) is 56.4 Å². The fourth-order valence-corrected chi connectivity index (χ4v) is 6.73. The molecule has 342 valence electrons. The maximum Gasteiger partial charge on any atom is 0.472 e. The minimum Gasteiger partial charge on any atom is -0.462 e. The largest absolute Gasteiger partial charge is 0.472 e. The minimum atomic E-state index is -4.40. The van der Waals surface area contributed by atoms with Gasteiger partial charge in [-0.3, -0.25) is 18.6 Å². The van der Waals surface area contributed by atoms with Gasteiger partial charge in [0.05, 0.1) is 33.9 Å². The number of allylic oxidation sites excluding steroid dienone is 9. The highest BCUT2D eigenvalue weighted by Gasteiger charge is 2.27. The van der Waals surface area contributed by atoms with E-state index in [0.29, 0.717) is 30.3 Å². The van der Waals surface area contributed by atoms with Gasteiger partial charge in [-0.25, -0.2) is 4.57 Å². The molecule has 0 fully saturated rings. The molecule has 0 aromatic rings. The average molecular weight is 853 g/mol. The van der Waals surface area contributed by atoms with Crippen LogP contribution in [0.4, 0.5) is 0 Å². The lowest BCUT2D eigenvalue weighted by atomic mass is 10.1. The van der Waals surface area contributed by atoms with Crippen molar-refractivity contribution in [2.24, 2.45) is 0 Å². The van der Waals surface area contributed by atoms with E-state index in [9.17, 15) is 24.2 Å². The van der Waals surface area contributed by atoms with E-state index < -0.39 is 38.6 Å². The topological polar surface area (TPSA) is 129 Å². The summed E-state index contributed by atoms with van der Waals surface area (Å²) in [5, 5.41) is 10.1. The Morgan fingerprint density at radius 2 is 1.17 bits per heavy atom. The molecule has 2 unspecified atom stereocenters. The van der Waals surface area contributed by atoms with Gasteiger partial charge in [-0.05, 0) is 64.2 Å². The van der Waals surface area contributed by atoms with Gasteiger partial charge in [-0.2, -0.15) is 0 Å². The number of carbonyl (C=O) groups excluding carboxylic acids is 2. The number of esters is 2. The lowest BCUT2D eigenvalue weighted by Gasteiger charge is -2.24. The molecule has 0 aliphatic carbocycles. The SMILES string of the molecule is CC/C=C/C/C=C/C=C/C(O)CCCCCCCC(=O)OC[C@H](COP(=O)(O)OCC[N+](C)(C)C)OC(=O)CCCCCCCCCCC/C=C\C/C=C\CCCCC. The number of phosphoric ester groups is 1. The third-order valence-corrected chi connectivity index (χ3v) is 10.6. The van der Waals surface area contributed by atoms with Crippen LogP contribution in [0.25, 0.3) is 0 Å². The zero-order chi connectivity index (χ0) is 43.7. The Hall–Kier alpha value is -2.33. The number of quaternary nitrogens is 1. The predicted octanol–water partition coefficient (Wildman–Crippen LogP) is 12.2. The maximum absolute atomic E-state index is 12.7. The van der Waals surface area contributed by atoms with E-state index in [1.807, 2.05) is 39.4 Å². The van der Waals surface area contributed by atoms with Gasteiger partial charge in [0.15, 0.2) is 6.10 Å². The molecule has 0 rings (SSSR count). The van der Waals surface area contributed by atoms with Crippen LogP contribution in [-0.4, -0.2) is 86.1 Å². The number of phosphoric acid groups is 1. The second-order valence-corrected chi connectivity index (χ2v) is 18.1. The molecule has 0 saturated carbocycles. The van der Waals surface area contributed by atoms with Gasteiger partial charge in [0, 0.05) is 12.8 Å². The summed E-state index contributed by atoms with van der Waals surface area (Å²) < 4.78 is 34.3. The number of aliphatic hydroxyl groups is 1. The van der Waals surface area contributed by atoms with Crippen LogP contribution in [0.2, 0.25) is 0 Å². The van der Waals surface area contributed by atoms with Crippen molar-refractivity contribution in [2.45, 2.75) is 187 Å². The average Bonchev–Trinajstić information content (AvgIpc) is 3.18. The third kappa shape index (κ3) is 43.6. The van der Waals surface area contributed by atoms with Gasteiger partial charge in [-0.1, -0.05) is 158 Å². The van der Waals surface area contributed by atoms with Crippen LogP contribution in [0.3, 0.4) is 0 Å². The minimum absolute atomic E-state index is 0.0124. The van der Waals surface area contributed by atoms with Gasteiger partial charge < -0.3 is 24.0 Å². The number of hydrogen-bond donors (Lipinski definition) is 2. The fraction of sp³-hybridized carbons (Fsp3) is 0.750. The number of hydrogen-bond acceptors (Lipinski definition) is 8. The number of ether oxygens (including phenoxy) is 2. The van der Waals surface area contributed by atoms with Crippen LogP contribution in [0, 0.1) is 0 Å². The van der Waals surface area contributed by atoms with Gasteiger partial charge in [0.25, 0.3) is 0 Å². The molecule has 0 heterocycles. The van der Waals surface area contributed by atoms with Crippen LogP contribution in [0.15, 0.2) is 60.8 Å². The first-order valence-electron chi connectivity index (χ1n) is 23.1. The summed E-state index contributed by atoms with van der Waals surface area (Å²) >= 11 is 0. The first kappa shape index (κ1) is 56.7. The number of nitrogens with zero attached hydrogens (tertiary/aromatic N) is 1. The van der Waals surface area contributed by atoms with Crippen molar-refractivity contribution in [2.75, 3.05) is 47.5 Å². The zero-order valence-corrected chi connectivity index (χ0v) is 39.0. The van der Waals surface area contributed by atoms with Crippen LogP contribution in [0.1, 0.15) is 174 Å². The smallest absolute Gasteiger partial charge is 0.462 e. The summed E-state index contributed by atoms with van der Waals surface area (Å²) in [7, 11) is 1.41. The van der Waals surface area contributed by atoms with Crippen molar-refractivity contribution in [3.63, 3.8) is 0 Å². The Morgan fingerprint density at radius 1 is 0.627 bits per heavy atom. The second kappa shape index (κ2) is 39.8. The Labute approximate surface area is 360 Å². The second-order valence-electron chi connectivity index (χ2n) is 16.6. The molecule has 59 heavy (non-hydrogen) atoms. The Balaban J connectivity index is 4.41. The maximum atomic E-state index is 12.7. The molecule has 3 atom stereocenters. The number of aliphatic hydroxyl groups excluding tert-OH is 1. The number of likely N-dealkylation sites (N-methyl/N-ethyl adjacent to an activating group) is 1. The van der Waals surface area contributed by atoms with Crippen molar-refractivity contribution >= 4 is 19.8 Å². The van der Waals surface area contributed by atoms with Crippen LogP contribution < -0.4 is 0 Å². The van der Waals surface area contributed by atoms with Crippen LogP contribution in [-0.2, 0) is 32.7 Å². The van der Waals surface area contributed by atoms with Gasteiger partial charge in [0.1, 0.15) is 19.8 Å². The zero-order valence-electron chi connectivity index (χ0n) is 38.1. The molecule has 0 aromatic carbocycles. The molecule has 10 nitrogen and oxygen atoms in total. The monoisotopic (exact) mass is 853 g/mol. The van der Waals surface area contributed by atoms with Crippen molar-refractivity contribution in [3.05, 3.63) is 60.8 Å². The molecular formula is C48H87NO9P+. The quantitative estimate of drug-likeness (QED) is 0.0154. The first-order valence-corrected chi connectivity index (χ1v) is 24.6. The number of rotatable bonds is 41. The van der Waals surface area contributed by atoms with Crippen molar-refractivity contribution in [1.29, 1.82) is 0 Å². The van der Waals surface area contributed by atoms with E-state index in [0.717, 1.165) is 70.6 Å². The third-order valence-electron chi connectivity index (χ3n) is 9.64. The summed E-state index contributed by atoms with van der Waals surface area (Å²) in [6.07, 6.45) is 44.3. The van der Waals surface area contributed by atoms with Crippen molar-refractivity contribution in [1.82, 2.24) is 0 Å². The normalized spacial score (nSPS) is 14.6. The fourth-order valence-electron chi connectivity index (χ4n) is 5.99. The summed E-state index contributed by atoms with van der Waals surface area (Å²) in [6, 6.07) is 0. The Morgan fingerprint density at radius 3 is 1.78 bits per heavy atom. The lowest BCUT2D eigenvalue weighted by Crippen LogP contribution is -2.37. The van der Waals surface area contributed by atoms with Crippen molar-refractivity contribution < 1.29 is 47.2 Å². The van der Waals surface area contributed by atoms with Gasteiger partial charge >= 0.3 is 19.8 Å². The molecule has 0 aliphatic rings. The van der Waals surface area contributed by atoms with E-state index in [1.54, 1.807) is 0 Å². The summed E-state index contributed by atoms with van der Waals surface area (Å²) in [5.41, 5.74) is 0. The summed E-state index contributed by atoms with van der Waals surface area (Å²) in [4.78, 5) is 35.4. The molecule has 0 radical (unpaired) electrons. The van der Waals surface area contributed by atoms with E-state index >= 15 is 0 Å². The lowest BCUT2D eigenvalue weighted by molar-refractivity contribution is -0.870. The van der Waals surface area contributed by atoms with Crippen LogP contribution in [0.5, 0.6) is 0 Å². The molecule has 0 aromatic heterocycles. The van der Waals surface area contributed by atoms with Gasteiger partial charge in [0.2, 0.25) is 0 Å². The molecule has 0 amide bonds. The molecule has 11 heteroatoms. The number of carbonyl (C=O) groups is 2. The standard InChI is InChI=1S/C48H86NO9P/c1-6-8-10-12-14-15-16-17-18-19-20-21-22-23-24-25-27-31-36-40-48(52)58-46(44-57-59(53,54)56-42-41-49(3,4)5)43-55-47(51)39-35-32-28-30-34-38-45(50)37-33-29-26-13-11-9-7-2/h9,11,14-15,17-18,26,29,33,37,45-46,50H,6-8,10,12-13,16,19-25,27-28,30-32,34-36,38-44H2,1-5H3/p+1/b11-9+,15-14-,18-17-,29-26+,37-33+/t45?,46-/m1/s1. The van der Waals surface area contributed by atoms with E-state index in [4.69, 9.17) is 18.5 Å². The first-order chi connectivity index (χ1) is 28.4. The van der Waals surface area contributed by atoms with E-state index in [1.165, 1.54) is 57.8 Å². The molecule has 0 spiro atoms. The van der Waals surface area contributed by atoms with Crippen LogP contribution >= 0.6 is 7.82 Å². The summed E-state index contributed by atoms with van der Waals surface area (Å²) in [5.74, 6) is -0.883. The molecule has 0 saturated heterocycles. The molecule has 2 N–H and O–H groups in total. The molecule has 0 aliphatic heterocycles. The van der Waals surface area contributed by atoms with Crippen molar-refractivity contribution in [3.8, 4) is 0 Å². The highest BCUT2D eigenvalue weighted by molar-refractivity contribution is 7.47. The summed E-state index contributed by atoms with van der Waals surface area (Å²) in [6.45, 7) is 4.14. The highest BCUT2D eigenvalue weighted by atomic mass is 31.2. The van der Waals surface area contributed by atoms with Gasteiger partial charge in [-0.15, -0.1) is 0 Å². The Bertz CT molecular complexity index is 1210. The molecular weight excluding hydrogens is 765 g/mol. The van der Waals surface area contributed by atoms with E-state index in [-0.39, 0.29) is 26.1 Å². The molecule has 0 bridgehead atoms. The Kier molecular flexibility index (Phi) is 38.2.